The lowest BCUT2D eigenvalue weighted by atomic mass is 9.94. The Morgan fingerprint density at radius 2 is 1.50 bits per heavy atom. The van der Waals surface area contributed by atoms with Crippen molar-refractivity contribution in [3.05, 3.63) is 107 Å². The number of hydrogen-bond acceptors (Lipinski definition) is 2. The number of aliphatic hydroxyl groups is 1. The predicted octanol–water partition coefficient (Wildman–Crippen LogP) is 4.04. The van der Waals surface area contributed by atoms with Gasteiger partial charge < -0.3 is 10.0 Å². The number of hydrogen-bond donors (Lipinski definition) is 1. The van der Waals surface area contributed by atoms with Gasteiger partial charge >= 0.3 is 0 Å². The third kappa shape index (κ3) is 2.80. The summed E-state index contributed by atoms with van der Waals surface area (Å²) in [6.45, 7) is 2.41. The quantitative estimate of drug-likeness (QED) is 0.777. The van der Waals surface area contributed by atoms with Crippen LogP contribution in [0, 0.1) is 6.92 Å². The van der Waals surface area contributed by atoms with Gasteiger partial charge in [-0.2, -0.15) is 0 Å². The highest BCUT2D eigenvalue weighted by Gasteiger charge is 2.48. The van der Waals surface area contributed by atoms with E-state index in [0.717, 1.165) is 11.1 Å². The number of carbonyl (C=O) groups excluding carboxylic acids is 1. The molecule has 0 spiro atoms. The molecule has 1 unspecified atom stereocenters. The lowest BCUT2D eigenvalue weighted by Gasteiger charge is -2.35. The summed E-state index contributed by atoms with van der Waals surface area (Å²) in [6, 6.07) is 25.2. The summed E-state index contributed by atoms with van der Waals surface area (Å²) in [5, 5.41) is 11.6. The number of benzene rings is 3. The average Bonchev–Trinajstić information content (AvgIpc) is 2.86. The van der Waals surface area contributed by atoms with Crippen LogP contribution in [0.2, 0.25) is 0 Å². The molecular formula is C23H21NO2. The molecule has 0 fully saturated rings. The van der Waals surface area contributed by atoms with Gasteiger partial charge in [0.05, 0.1) is 0 Å². The van der Waals surface area contributed by atoms with Crippen LogP contribution < -0.4 is 0 Å². The van der Waals surface area contributed by atoms with Crippen LogP contribution in [-0.4, -0.2) is 15.9 Å². The van der Waals surface area contributed by atoms with Crippen molar-refractivity contribution in [2.75, 3.05) is 0 Å². The second kappa shape index (κ2) is 6.43. The normalized spacial score (nSPS) is 18.8. The molecule has 1 heterocycles. The number of aryl methyl sites for hydroxylation is 1. The maximum atomic E-state index is 13.0. The Balaban J connectivity index is 1.75. The molecule has 4 rings (SSSR count). The molecule has 1 amide bonds. The van der Waals surface area contributed by atoms with E-state index in [0.29, 0.717) is 24.1 Å². The van der Waals surface area contributed by atoms with Gasteiger partial charge in [0.15, 0.2) is 5.72 Å². The molecular weight excluding hydrogens is 322 g/mol. The fourth-order valence-corrected chi connectivity index (χ4v) is 3.63. The monoisotopic (exact) mass is 343 g/mol. The average molecular weight is 343 g/mol. The summed E-state index contributed by atoms with van der Waals surface area (Å²) >= 11 is 0. The Hall–Kier alpha value is -2.91. The van der Waals surface area contributed by atoms with E-state index in [4.69, 9.17) is 0 Å². The van der Waals surface area contributed by atoms with Gasteiger partial charge in [-0.05, 0) is 24.1 Å². The molecule has 26 heavy (non-hydrogen) atoms. The Kier molecular flexibility index (Phi) is 4.09. The van der Waals surface area contributed by atoms with E-state index >= 15 is 0 Å². The maximum Gasteiger partial charge on any atom is 0.257 e. The van der Waals surface area contributed by atoms with Crippen molar-refractivity contribution in [3.8, 4) is 0 Å². The number of carbonyl (C=O) groups is 1. The lowest BCUT2D eigenvalue weighted by Crippen LogP contribution is -2.45. The van der Waals surface area contributed by atoms with E-state index in [9.17, 15) is 9.90 Å². The summed E-state index contributed by atoms with van der Waals surface area (Å²) in [4.78, 5) is 14.6. The Morgan fingerprint density at radius 1 is 0.846 bits per heavy atom. The summed E-state index contributed by atoms with van der Waals surface area (Å²) in [5.74, 6) is -0.125. The lowest BCUT2D eigenvalue weighted by molar-refractivity contribution is -0.0878. The van der Waals surface area contributed by atoms with Crippen molar-refractivity contribution >= 4 is 5.91 Å². The van der Waals surface area contributed by atoms with Gasteiger partial charge in [0, 0.05) is 24.1 Å². The summed E-state index contributed by atoms with van der Waals surface area (Å²) < 4.78 is 0. The second-order valence-electron chi connectivity index (χ2n) is 6.90. The van der Waals surface area contributed by atoms with Crippen LogP contribution in [0.25, 0.3) is 0 Å². The standard InChI is InChI=1S/C23H21NO2/c1-17-11-13-19(14-12-17)16-24-22(25)20-9-5-6-10-21(20)23(24,26)15-18-7-3-2-4-8-18/h2-14,26H,15-16H2,1H3. The molecule has 3 heteroatoms. The fourth-order valence-electron chi connectivity index (χ4n) is 3.63. The smallest absolute Gasteiger partial charge is 0.257 e. The Labute approximate surface area is 153 Å². The minimum absolute atomic E-state index is 0.125. The van der Waals surface area contributed by atoms with Crippen molar-refractivity contribution in [1.82, 2.24) is 4.90 Å². The number of fused-ring (bicyclic) bond motifs is 1. The molecule has 130 valence electrons. The summed E-state index contributed by atoms with van der Waals surface area (Å²) in [6.07, 6.45) is 0.364. The molecule has 3 nitrogen and oxygen atoms in total. The Bertz CT molecular complexity index is 934. The van der Waals surface area contributed by atoms with Gasteiger partial charge in [-0.25, -0.2) is 0 Å². The van der Waals surface area contributed by atoms with E-state index in [2.05, 4.69) is 0 Å². The molecule has 3 aromatic rings. The molecule has 0 saturated heterocycles. The van der Waals surface area contributed by atoms with Crippen LogP contribution in [-0.2, 0) is 18.7 Å². The van der Waals surface area contributed by atoms with Gasteiger partial charge in [0.1, 0.15) is 0 Å². The second-order valence-corrected chi connectivity index (χ2v) is 6.90. The highest BCUT2D eigenvalue weighted by Crippen LogP contribution is 2.40. The molecule has 1 aliphatic heterocycles. The highest BCUT2D eigenvalue weighted by atomic mass is 16.3. The topological polar surface area (TPSA) is 40.5 Å². The van der Waals surface area contributed by atoms with Gasteiger partial charge in [-0.1, -0.05) is 78.4 Å². The minimum Gasteiger partial charge on any atom is -0.366 e. The van der Waals surface area contributed by atoms with E-state index in [1.807, 2.05) is 79.7 Å². The third-order valence-corrected chi connectivity index (χ3v) is 5.04. The SMILES string of the molecule is Cc1ccc(CN2C(=O)c3ccccc3C2(O)Cc2ccccc2)cc1. The van der Waals surface area contributed by atoms with Crippen molar-refractivity contribution in [2.45, 2.75) is 25.6 Å². The number of rotatable bonds is 4. The minimum atomic E-state index is -1.35. The van der Waals surface area contributed by atoms with Crippen molar-refractivity contribution < 1.29 is 9.90 Å². The van der Waals surface area contributed by atoms with E-state index in [-0.39, 0.29) is 5.91 Å². The summed E-state index contributed by atoms with van der Waals surface area (Å²) in [7, 11) is 0. The number of amides is 1. The molecule has 3 aromatic carbocycles. The molecule has 0 radical (unpaired) electrons. The molecule has 0 bridgehead atoms. The summed E-state index contributed by atoms with van der Waals surface area (Å²) in [5.41, 5.74) is 3.08. The third-order valence-electron chi connectivity index (χ3n) is 5.04. The van der Waals surface area contributed by atoms with Crippen LogP contribution in [0.5, 0.6) is 0 Å². The van der Waals surface area contributed by atoms with Crippen LogP contribution in [0.3, 0.4) is 0 Å². The van der Waals surface area contributed by atoms with Gasteiger partial charge in [-0.15, -0.1) is 0 Å². The van der Waals surface area contributed by atoms with Crippen LogP contribution in [0.1, 0.15) is 32.6 Å². The fraction of sp³-hybridized carbons (Fsp3) is 0.174. The Morgan fingerprint density at radius 3 is 2.23 bits per heavy atom. The van der Waals surface area contributed by atoms with Gasteiger partial charge in [0.2, 0.25) is 0 Å². The highest BCUT2D eigenvalue weighted by molar-refractivity contribution is 5.99. The number of nitrogens with zero attached hydrogens (tertiary/aromatic N) is 1. The first-order chi connectivity index (χ1) is 12.6. The van der Waals surface area contributed by atoms with Crippen LogP contribution in [0.4, 0.5) is 0 Å². The van der Waals surface area contributed by atoms with E-state index < -0.39 is 5.72 Å². The molecule has 1 atom stereocenters. The van der Waals surface area contributed by atoms with E-state index in [1.165, 1.54) is 5.56 Å². The van der Waals surface area contributed by atoms with Crippen LogP contribution >= 0.6 is 0 Å². The zero-order valence-corrected chi connectivity index (χ0v) is 14.7. The van der Waals surface area contributed by atoms with Crippen molar-refractivity contribution in [3.63, 3.8) is 0 Å². The van der Waals surface area contributed by atoms with Crippen molar-refractivity contribution in [1.29, 1.82) is 0 Å². The van der Waals surface area contributed by atoms with Crippen molar-refractivity contribution in [2.24, 2.45) is 0 Å². The van der Waals surface area contributed by atoms with Gasteiger partial charge in [-0.3, -0.25) is 4.79 Å². The molecule has 0 aliphatic carbocycles. The van der Waals surface area contributed by atoms with Crippen LogP contribution in [0.15, 0.2) is 78.9 Å². The maximum absolute atomic E-state index is 13.0. The first-order valence-electron chi connectivity index (χ1n) is 8.81. The molecule has 1 N–H and O–H groups in total. The first-order valence-corrected chi connectivity index (χ1v) is 8.81. The molecule has 1 aliphatic rings. The first kappa shape index (κ1) is 16.6. The zero-order chi connectivity index (χ0) is 18.1. The molecule has 0 aromatic heterocycles. The van der Waals surface area contributed by atoms with E-state index in [1.54, 1.807) is 11.0 Å². The predicted molar refractivity (Wildman–Crippen MR) is 102 cm³/mol. The van der Waals surface area contributed by atoms with Gasteiger partial charge in [0.25, 0.3) is 5.91 Å². The molecule has 0 saturated carbocycles. The zero-order valence-electron chi connectivity index (χ0n) is 14.7. The largest absolute Gasteiger partial charge is 0.366 e.